The molecule has 0 unspecified atom stereocenters. The number of hydrogen-bond acceptors (Lipinski definition) is 3. The second-order valence-electron chi connectivity index (χ2n) is 5.67. The number of alkyl halides is 3. The fourth-order valence-corrected chi connectivity index (χ4v) is 2.24. The molecule has 5 nitrogen and oxygen atoms in total. The predicted octanol–water partition coefficient (Wildman–Crippen LogP) is 3.44. The normalized spacial score (nSPS) is 11.0. The van der Waals surface area contributed by atoms with Crippen LogP contribution in [0.3, 0.4) is 0 Å². The molecule has 9 heteroatoms. The standard InChI is InChI=1S/C18H16ClF3N2O3/c1-11-7-14(5-6-15(11)19)27-10-17(26)24-23-16(25)9-12-3-2-4-13(8-12)18(20,21)22/h2-8H,9-10H2,1H3,(H,23,25)(H,24,26). The Bertz CT molecular complexity index is 841. The van der Waals surface area contributed by atoms with Gasteiger partial charge in [-0.15, -0.1) is 0 Å². The maximum absolute atomic E-state index is 12.7. The number of carbonyl (C=O) groups excluding carboxylic acids is 2. The fraction of sp³-hybridized carbons (Fsp3) is 0.222. The van der Waals surface area contributed by atoms with Gasteiger partial charge in [0.2, 0.25) is 5.91 Å². The van der Waals surface area contributed by atoms with E-state index in [1.165, 1.54) is 12.1 Å². The molecule has 0 atom stereocenters. The second-order valence-corrected chi connectivity index (χ2v) is 6.08. The number of amides is 2. The quantitative estimate of drug-likeness (QED) is 0.755. The van der Waals surface area contributed by atoms with Gasteiger partial charge in [0.15, 0.2) is 6.61 Å². The van der Waals surface area contributed by atoms with Crippen LogP contribution in [-0.2, 0) is 22.2 Å². The zero-order valence-electron chi connectivity index (χ0n) is 14.2. The molecule has 0 saturated carbocycles. The van der Waals surface area contributed by atoms with Gasteiger partial charge in [0, 0.05) is 5.02 Å². The summed E-state index contributed by atoms with van der Waals surface area (Å²) < 4.78 is 43.2. The summed E-state index contributed by atoms with van der Waals surface area (Å²) in [6, 6.07) is 9.28. The van der Waals surface area contributed by atoms with Crippen molar-refractivity contribution in [3.05, 3.63) is 64.2 Å². The SMILES string of the molecule is Cc1cc(OCC(=O)NNC(=O)Cc2cccc(C(F)(F)F)c2)ccc1Cl. The van der Waals surface area contributed by atoms with Crippen LogP contribution in [0.5, 0.6) is 5.75 Å². The lowest BCUT2D eigenvalue weighted by Crippen LogP contribution is -2.44. The molecular weight excluding hydrogens is 385 g/mol. The predicted molar refractivity (Wildman–Crippen MR) is 93.1 cm³/mol. The Kier molecular flexibility index (Phi) is 6.68. The smallest absolute Gasteiger partial charge is 0.416 e. The summed E-state index contributed by atoms with van der Waals surface area (Å²) in [7, 11) is 0. The average molecular weight is 401 g/mol. The van der Waals surface area contributed by atoms with E-state index >= 15 is 0 Å². The van der Waals surface area contributed by atoms with E-state index in [0.29, 0.717) is 10.8 Å². The largest absolute Gasteiger partial charge is 0.484 e. The van der Waals surface area contributed by atoms with E-state index in [2.05, 4.69) is 10.9 Å². The monoisotopic (exact) mass is 400 g/mol. The van der Waals surface area contributed by atoms with E-state index < -0.39 is 23.6 Å². The summed E-state index contributed by atoms with van der Waals surface area (Å²) in [5.74, 6) is -0.854. The highest BCUT2D eigenvalue weighted by Gasteiger charge is 2.30. The lowest BCUT2D eigenvalue weighted by Gasteiger charge is -2.11. The summed E-state index contributed by atoms with van der Waals surface area (Å²) in [4.78, 5) is 23.5. The maximum atomic E-state index is 12.7. The molecule has 0 aliphatic rings. The first kappa shape index (κ1) is 20.6. The Morgan fingerprint density at radius 3 is 2.44 bits per heavy atom. The summed E-state index contributed by atoms with van der Waals surface area (Å²) >= 11 is 5.88. The summed E-state index contributed by atoms with van der Waals surface area (Å²) in [5, 5.41) is 0.564. The Balaban J connectivity index is 1.79. The second kappa shape index (κ2) is 8.77. The van der Waals surface area contributed by atoms with Gasteiger partial charge < -0.3 is 4.74 Å². The number of aryl methyl sites for hydroxylation is 1. The van der Waals surface area contributed by atoms with E-state index in [-0.39, 0.29) is 18.6 Å². The minimum Gasteiger partial charge on any atom is -0.484 e. The van der Waals surface area contributed by atoms with Gasteiger partial charge in [-0.3, -0.25) is 20.4 Å². The van der Waals surface area contributed by atoms with Crippen LogP contribution in [0.4, 0.5) is 13.2 Å². The van der Waals surface area contributed by atoms with Crippen LogP contribution in [0.2, 0.25) is 5.02 Å². The molecule has 0 bridgehead atoms. The lowest BCUT2D eigenvalue weighted by atomic mass is 10.1. The third-order valence-corrected chi connectivity index (χ3v) is 3.88. The molecule has 0 aliphatic heterocycles. The van der Waals surface area contributed by atoms with Gasteiger partial charge in [-0.05, 0) is 42.3 Å². The number of rotatable bonds is 5. The van der Waals surface area contributed by atoms with Gasteiger partial charge in [-0.2, -0.15) is 13.2 Å². The summed E-state index contributed by atoms with van der Waals surface area (Å²) in [6.07, 6.45) is -4.81. The van der Waals surface area contributed by atoms with Crippen LogP contribution < -0.4 is 15.6 Å². The van der Waals surface area contributed by atoms with Crippen LogP contribution in [0.15, 0.2) is 42.5 Å². The van der Waals surface area contributed by atoms with Crippen LogP contribution in [0.25, 0.3) is 0 Å². The molecule has 27 heavy (non-hydrogen) atoms. The van der Waals surface area contributed by atoms with Crippen LogP contribution in [0, 0.1) is 6.92 Å². The maximum Gasteiger partial charge on any atom is 0.416 e. The Labute approximate surface area is 158 Å². The Hall–Kier alpha value is -2.74. The topological polar surface area (TPSA) is 67.4 Å². The van der Waals surface area contributed by atoms with E-state index in [1.807, 2.05) is 0 Å². The number of carbonyl (C=O) groups is 2. The van der Waals surface area contributed by atoms with Crippen molar-refractivity contribution in [2.24, 2.45) is 0 Å². The minimum absolute atomic E-state index is 0.171. The molecule has 0 spiro atoms. The van der Waals surface area contributed by atoms with E-state index in [0.717, 1.165) is 17.7 Å². The fourth-order valence-electron chi connectivity index (χ4n) is 2.12. The van der Waals surface area contributed by atoms with E-state index in [4.69, 9.17) is 16.3 Å². The number of nitrogens with one attached hydrogen (secondary N) is 2. The van der Waals surface area contributed by atoms with Crippen molar-refractivity contribution in [1.82, 2.24) is 10.9 Å². The number of hydrazine groups is 1. The molecule has 2 aromatic rings. The molecule has 0 radical (unpaired) electrons. The van der Waals surface area contributed by atoms with Gasteiger partial charge in [-0.25, -0.2) is 0 Å². The number of hydrogen-bond donors (Lipinski definition) is 2. The van der Waals surface area contributed by atoms with Crippen molar-refractivity contribution < 1.29 is 27.5 Å². The first-order valence-electron chi connectivity index (χ1n) is 7.78. The zero-order chi connectivity index (χ0) is 20.0. The van der Waals surface area contributed by atoms with Crippen molar-refractivity contribution in [3.8, 4) is 5.75 Å². The van der Waals surface area contributed by atoms with Gasteiger partial charge in [0.25, 0.3) is 5.91 Å². The summed E-state index contributed by atoms with van der Waals surface area (Å²) in [5.41, 5.74) is 4.37. The Morgan fingerprint density at radius 2 is 1.78 bits per heavy atom. The van der Waals surface area contributed by atoms with Gasteiger partial charge in [0.1, 0.15) is 5.75 Å². The van der Waals surface area contributed by atoms with E-state index in [1.54, 1.807) is 25.1 Å². The molecule has 2 aromatic carbocycles. The molecule has 2 amide bonds. The molecule has 144 valence electrons. The first-order chi connectivity index (χ1) is 12.6. The molecule has 0 fully saturated rings. The molecular formula is C18H16ClF3N2O3. The van der Waals surface area contributed by atoms with Gasteiger partial charge in [-0.1, -0.05) is 29.8 Å². The number of ether oxygens (including phenoxy) is 1. The van der Waals surface area contributed by atoms with Crippen LogP contribution in [-0.4, -0.2) is 18.4 Å². The summed E-state index contributed by atoms with van der Waals surface area (Å²) in [6.45, 7) is 1.42. The highest BCUT2D eigenvalue weighted by molar-refractivity contribution is 6.31. The molecule has 0 saturated heterocycles. The van der Waals surface area contributed by atoms with E-state index in [9.17, 15) is 22.8 Å². The van der Waals surface area contributed by atoms with Crippen molar-refractivity contribution in [3.63, 3.8) is 0 Å². The highest BCUT2D eigenvalue weighted by atomic mass is 35.5. The van der Waals surface area contributed by atoms with Gasteiger partial charge in [0.05, 0.1) is 12.0 Å². The molecule has 0 aromatic heterocycles. The molecule has 2 N–H and O–H groups in total. The minimum atomic E-state index is -4.49. The Morgan fingerprint density at radius 1 is 1.07 bits per heavy atom. The third kappa shape index (κ3) is 6.49. The molecule has 0 aliphatic carbocycles. The highest BCUT2D eigenvalue weighted by Crippen LogP contribution is 2.29. The third-order valence-electron chi connectivity index (χ3n) is 3.46. The first-order valence-corrected chi connectivity index (χ1v) is 8.16. The van der Waals surface area contributed by atoms with Crippen LogP contribution >= 0.6 is 11.6 Å². The zero-order valence-corrected chi connectivity index (χ0v) is 14.9. The average Bonchev–Trinajstić information content (AvgIpc) is 2.60. The molecule has 2 rings (SSSR count). The van der Waals surface area contributed by atoms with Crippen molar-refractivity contribution >= 4 is 23.4 Å². The van der Waals surface area contributed by atoms with Gasteiger partial charge >= 0.3 is 6.18 Å². The van der Waals surface area contributed by atoms with Crippen molar-refractivity contribution in [2.75, 3.05) is 6.61 Å². The number of benzene rings is 2. The lowest BCUT2D eigenvalue weighted by molar-refractivity contribution is -0.137. The molecule has 0 heterocycles. The van der Waals surface area contributed by atoms with Crippen LogP contribution in [0.1, 0.15) is 16.7 Å². The number of halogens is 4. The van der Waals surface area contributed by atoms with Crippen molar-refractivity contribution in [1.29, 1.82) is 0 Å². The van der Waals surface area contributed by atoms with Crippen molar-refractivity contribution in [2.45, 2.75) is 19.5 Å².